The normalized spacial score (nSPS) is 14.4. The molecular formula is C49H86NO9P. The van der Waals surface area contributed by atoms with Crippen LogP contribution in [0.15, 0.2) is 72.9 Å². The van der Waals surface area contributed by atoms with Crippen molar-refractivity contribution in [1.29, 1.82) is 0 Å². The molecule has 0 aromatic carbocycles. The van der Waals surface area contributed by atoms with E-state index < -0.39 is 38.6 Å². The Bertz CT molecular complexity index is 1230. The number of ether oxygens (including phenoxy) is 2. The van der Waals surface area contributed by atoms with Crippen molar-refractivity contribution in [3.05, 3.63) is 72.9 Å². The van der Waals surface area contributed by atoms with E-state index in [1.807, 2.05) is 12.2 Å². The van der Waals surface area contributed by atoms with Crippen molar-refractivity contribution in [3.63, 3.8) is 0 Å². The Balaban J connectivity index is 4.31. The molecule has 10 nitrogen and oxygen atoms in total. The van der Waals surface area contributed by atoms with Gasteiger partial charge in [-0.1, -0.05) is 202 Å². The highest BCUT2D eigenvalue weighted by Gasteiger charge is 2.26. The van der Waals surface area contributed by atoms with E-state index in [1.165, 1.54) is 96.3 Å². The molecule has 3 atom stereocenters. The number of hydrogen-bond donors (Lipinski definition) is 3. The number of phosphoric ester groups is 1. The molecular weight excluding hydrogens is 778 g/mol. The lowest BCUT2D eigenvalue weighted by Gasteiger charge is -2.20. The second-order valence-corrected chi connectivity index (χ2v) is 16.9. The molecule has 0 heterocycles. The van der Waals surface area contributed by atoms with Crippen molar-refractivity contribution in [2.24, 2.45) is 5.73 Å². The highest BCUT2D eigenvalue weighted by molar-refractivity contribution is 7.47. The van der Waals surface area contributed by atoms with Crippen molar-refractivity contribution in [2.75, 3.05) is 26.4 Å². The number of carbonyl (C=O) groups is 2. The van der Waals surface area contributed by atoms with Crippen LogP contribution in [0.25, 0.3) is 0 Å². The smallest absolute Gasteiger partial charge is 0.462 e. The zero-order valence-electron chi connectivity index (χ0n) is 37.8. The Labute approximate surface area is 365 Å². The van der Waals surface area contributed by atoms with Gasteiger partial charge in [-0.25, -0.2) is 4.57 Å². The zero-order chi connectivity index (χ0) is 44.0. The van der Waals surface area contributed by atoms with Gasteiger partial charge in [0.2, 0.25) is 0 Å². The Hall–Kier alpha value is -2.59. The topological polar surface area (TPSA) is 155 Å². The van der Waals surface area contributed by atoms with Crippen LogP contribution >= 0.6 is 7.82 Å². The van der Waals surface area contributed by atoms with E-state index >= 15 is 0 Å². The summed E-state index contributed by atoms with van der Waals surface area (Å²) in [7, 11) is -4.44. The molecule has 346 valence electrons. The summed E-state index contributed by atoms with van der Waals surface area (Å²) in [5.41, 5.74) is 5.34. The number of allylic oxidation sites excluding steroid dienone is 11. The van der Waals surface area contributed by atoms with E-state index in [9.17, 15) is 24.2 Å². The molecule has 0 spiro atoms. The summed E-state index contributed by atoms with van der Waals surface area (Å²) < 4.78 is 32.7. The molecule has 0 aromatic rings. The first-order valence-corrected chi connectivity index (χ1v) is 25.0. The van der Waals surface area contributed by atoms with Gasteiger partial charge in [-0.2, -0.15) is 0 Å². The number of esters is 2. The molecule has 0 aliphatic carbocycles. The number of phosphoric acid groups is 1. The Kier molecular flexibility index (Phi) is 42.5. The predicted octanol–water partition coefficient (Wildman–Crippen LogP) is 12.8. The number of aliphatic hydroxyl groups excluding tert-OH is 1. The molecule has 0 radical (unpaired) electrons. The van der Waals surface area contributed by atoms with Gasteiger partial charge in [-0.3, -0.25) is 18.6 Å². The van der Waals surface area contributed by atoms with Crippen molar-refractivity contribution in [1.82, 2.24) is 0 Å². The molecule has 0 rings (SSSR count). The summed E-state index contributed by atoms with van der Waals surface area (Å²) in [6.45, 7) is 3.35. The molecule has 11 heteroatoms. The van der Waals surface area contributed by atoms with E-state index in [1.54, 1.807) is 12.2 Å². The molecule has 0 bridgehead atoms. The Morgan fingerprint density at radius 3 is 1.53 bits per heavy atom. The molecule has 0 aliphatic rings. The molecule has 0 saturated carbocycles. The van der Waals surface area contributed by atoms with Crippen LogP contribution in [0.5, 0.6) is 0 Å². The van der Waals surface area contributed by atoms with Gasteiger partial charge in [-0.15, -0.1) is 0 Å². The Morgan fingerprint density at radius 1 is 0.583 bits per heavy atom. The molecule has 0 aliphatic heterocycles. The van der Waals surface area contributed by atoms with Crippen LogP contribution in [-0.4, -0.2) is 60.5 Å². The van der Waals surface area contributed by atoms with Gasteiger partial charge < -0.3 is 25.2 Å². The molecule has 2 unspecified atom stereocenters. The van der Waals surface area contributed by atoms with Gasteiger partial charge in [0, 0.05) is 19.4 Å². The third kappa shape index (κ3) is 43.5. The number of unbranched alkanes of at least 4 members (excludes halogenated alkanes) is 18. The third-order valence-electron chi connectivity index (χ3n) is 9.72. The van der Waals surface area contributed by atoms with Crippen LogP contribution in [0.2, 0.25) is 0 Å². The fraction of sp³-hybridized carbons (Fsp3) is 0.714. The Morgan fingerprint density at radius 2 is 1.05 bits per heavy atom. The summed E-state index contributed by atoms with van der Waals surface area (Å²) >= 11 is 0. The largest absolute Gasteiger partial charge is 0.472 e. The third-order valence-corrected chi connectivity index (χ3v) is 10.7. The molecule has 60 heavy (non-hydrogen) atoms. The number of carbonyl (C=O) groups excluding carboxylic acids is 2. The molecule has 0 saturated heterocycles. The first-order valence-electron chi connectivity index (χ1n) is 23.5. The van der Waals surface area contributed by atoms with Gasteiger partial charge >= 0.3 is 19.8 Å². The van der Waals surface area contributed by atoms with E-state index in [0.29, 0.717) is 6.42 Å². The van der Waals surface area contributed by atoms with Crippen LogP contribution in [-0.2, 0) is 32.7 Å². The van der Waals surface area contributed by atoms with Gasteiger partial charge in [-0.05, 0) is 44.9 Å². The minimum Gasteiger partial charge on any atom is -0.462 e. The van der Waals surface area contributed by atoms with Gasteiger partial charge in [0.1, 0.15) is 6.61 Å². The van der Waals surface area contributed by atoms with Crippen LogP contribution in [0, 0.1) is 0 Å². The summed E-state index contributed by atoms with van der Waals surface area (Å²) in [4.78, 5) is 35.0. The molecule has 0 amide bonds. The number of aliphatic hydroxyl groups is 1. The van der Waals surface area contributed by atoms with Crippen LogP contribution in [0.3, 0.4) is 0 Å². The fourth-order valence-electron chi connectivity index (χ4n) is 6.22. The van der Waals surface area contributed by atoms with Crippen molar-refractivity contribution >= 4 is 19.8 Å². The quantitative estimate of drug-likeness (QED) is 0.0177. The summed E-state index contributed by atoms with van der Waals surface area (Å²) in [6, 6.07) is 0. The van der Waals surface area contributed by atoms with E-state index in [-0.39, 0.29) is 39.0 Å². The maximum absolute atomic E-state index is 12.6. The van der Waals surface area contributed by atoms with Crippen LogP contribution in [0.4, 0.5) is 0 Å². The molecule has 4 N–H and O–H groups in total. The second-order valence-electron chi connectivity index (χ2n) is 15.5. The summed E-state index contributed by atoms with van der Waals surface area (Å²) in [5, 5.41) is 10.3. The van der Waals surface area contributed by atoms with E-state index in [2.05, 4.69) is 62.5 Å². The van der Waals surface area contributed by atoms with Crippen LogP contribution in [0.1, 0.15) is 187 Å². The highest BCUT2D eigenvalue weighted by Crippen LogP contribution is 2.43. The molecule has 0 aromatic heterocycles. The summed E-state index contributed by atoms with van der Waals surface area (Å²) in [5.74, 6) is -1.11. The maximum atomic E-state index is 12.6. The lowest BCUT2D eigenvalue weighted by molar-refractivity contribution is -0.161. The van der Waals surface area contributed by atoms with E-state index in [4.69, 9.17) is 24.3 Å². The highest BCUT2D eigenvalue weighted by atomic mass is 31.2. The lowest BCUT2D eigenvalue weighted by atomic mass is 10.0. The second kappa shape index (κ2) is 44.5. The monoisotopic (exact) mass is 864 g/mol. The number of hydrogen-bond acceptors (Lipinski definition) is 9. The SMILES string of the molecule is CC/C=C\C/C=C\C/C=C\C/C=C\C/C=C\C=C/C(O)CCC(=O)OC[C@H](COP(=O)(O)OCCN)OC(=O)CCCCCCCCCCCCCCCCCCCCC. The van der Waals surface area contributed by atoms with Gasteiger partial charge in [0.15, 0.2) is 6.10 Å². The predicted molar refractivity (Wildman–Crippen MR) is 248 cm³/mol. The summed E-state index contributed by atoms with van der Waals surface area (Å²) in [6.07, 6.45) is 51.2. The first-order chi connectivity index (χ1) is 29.2. The van der Waals surface area contributed by atoms with Crippen LogP contribution < -0.4 is 5.73 Å². The maximum Gasteiger partial charge on any atom is 0.472 e. The van der Waals surface area contributed by atoms with Gasteiger partial charge in [0.05, 0.1) is 19.3 Å². The standard InChI is InChI=1S/C49H86NO9P/c1-3-5-7-9-11-13-15-17-19-21-22-23-25-27-29-31-33-35-37-39-49(53)59-47(45-58-60(54,55)57-43-42-50)44-56-48(52)41-40-46(51)38-36-34-32-30-28-26-24-20-18-16-14-12-10-8-6-4-2/h6,8,12,14,18,20,26,28,32,34,36,38,46-47,51H,3-5,7,9-11,13,15-17,19,21-25,27,29-31,33,35,37,39-45,50H2,1-2H3,(H,54,55)/b8-6-,14-12-,20-18-,28-26-,34-32-,38-36-/t46?,47-/m1/s1. The number of nitrogens with two attached hydrogens (primary N) is 1. The van der Waals surface area contributed by atoms with E-state index in [0.717, 1.165) is 51.4 Å². The first kappa shape index (κ1) is 57.4. The minimum absolute atomic E-state index is 0.0206. The average Bonchev–Trinajstić information content (AvgIpc) is 3.23. The number of rotatable bonds is 43. The van der Waals surface area contributed by atoms with Crippen molar-refractivity contribution < 1.29 is 42.7 Å². The van der Waals surface area contributed by atoms with Crippen molar-refractivity contribution in [2.45, 2.75) is 199 Å². The average molecular weight is 864 g/mol. The minimum atomic E-state index is -4.44. The fourth-order valence-corrected chi connectivity index (χ4v) is 6.98. The van der Waals surface area contributed by atoms with Crippen molar-refractivity contribution in [3.8, 4) is 0 Å². The lowest BCUT2D eigenvalue weighted by Crippen LogP contribution is -2.29. The molecule has 0 fully saturated rings. The zero-order valence-corrected chi connectivity index (χ0v) is 38.7. The van der Waals surface area contributed by atoms with Gasteiger partial charge in [0.25, 0.3) is 0 Å².